The zero-order valence-electron chi connectivity index (χ0n) is 12.0. The largest absolute Gasteiger partial charge is 0.505 e. The van der Waals surface area contributed by atoms with Gasteiger partial charge in [-0.1, -0.05) is 24.3 Å². The van der Waals surface area contributed by atoms with Gasteiger partial charge in [0.05, 0.1) is 11.2 Å². The fourth-order valence-corrected chi connectivity index (χ4v) is 3.68. The average Bonchev–Trinajstić information content (AvgIpc) is 3.03. The van der Waals surface area contributed by atoms with Crippen LogP contribution in [-0.2, 0) is 10.3 Å². The number of carbonyl (C=O) groups excluding carboxylic acids is 1. The molecule has 0 unspecified atom stereocenters. The predicted molar refractivity (Wildman–Crippen MR) is 87.5 cm³/mol. The Kier molecular flexibility index (Phi) is 2.90. The van der Waals surface area contributed by atoms with Crippen molar-refractivity contribution in [2.45, 2.75) is 0 Å². The van der Waals surface area contributed by atoms with Crippen molar-refractivity contribution in [2.75, 3.05) is 0 Å². The summed E-state index contributed by atoms with van der Waals surface area (Å²) in [7, 11) is -4.76. The molecule has 1 aliphatic rings. The molecule has 0 spiro atoms. The van der Waals surface area contributed by atoms with Crippen LogP contribution < -0.4 is 0 Å². The van der Waals surface area contributed by atoms with Crippen LogP contribution >= 0.6 is 0 Å². The molecule has 2 heterocycles. The molecule has 4 rings (SSSR count). The van der Waals surface area contributed by atoms with E-state index < -0.39 is 21.8 Å². The van der Waals surface area contributed by atoms with Crippen molar-refractivity contribution in [2.24, 2.45) is 4.99 Å². The van der Waals surface area contributed by atoms with Crippen LogP contribution in [0.1, 0.15) is 16.1 Å². The summed E-state index contributed by atoms with van der Waals surface area (Å²) >= 11 is 0. The normalized spacial score (nSPS) is 14.0. The third kappa shape index (κ3) is 1.90. The second kappa shape index (κ2) is 4.76. The van der Waals surface area contributed by atoms with E-state index in [4.69, 9.17) is 0 Å². The monoisotopic (exact) mass is 342 g/mol. The predicted octanol–water partition coefficient (Wildman–Crippen LogP) is 2.31. The summed E-state index contributed by atoms with van der Waals surface area (Å²) in [5, 5.41) is 10.7. The SMILES string of the molecule is O=C1C(c2c(O)c3ccccc3n2S(=O)(=O)O)=Nc2ccccc21. The van der Waals surface area contributed by atoms with Crippen LogP contribution in [0.25, 0.3) is 10.9 Å². The van der Waals surface area contributed by atoms with E-state index in [1.807, 2.05) is 0 Å². The maximum atomic E-state index is 12.6. The summed E-state index contributed by atoms with van der Waals surface area (Å²) < 4.78 is 33.8. The van der Waals surface area contributed by atoms with Gasteiger partial charge < -0.3 is 5.11 Å². The number of fused-ring (bicyclic) bond motifs is 2. The summed E-state index contributed by atoms with van der Waals surface area (Å²) in [5.41, 5.74) is 0.157. The van der Waals surface area contributed by atoms with Crippen LogP contribution in [0.2, 0.25) is 0 Å². The summed E-state index contributed by atoms with van der Waals surface area (Å²) in [4.78, 5) is 16.7. The highest BCUT2D eigenvalue weighted by atomic mass is 32.2. The van der Waals surface area contributed by atoms with Crippen LogP contribution in [0.5, 0.6) is 5.75 Å². The molecule has 24 heavy (non-hydrogen) atoms. The number of carbonyl (C=O) groups is 1. The number of benzene rings is 2. The van der Waals surface area contributed by atoms with Crippen LogP contribution in [0.3, 0.4) is 0 Å². The number of Topliss-reactive ketones (excluding diaryl/α,β-unsaturated/α-hetero) is 1. The second-order valence-corrected chi connectivity index (χ2v) is 6.52. The molecule has 0 bridgehead atoms. The van der Waals surface area contributed by atoms with Gasteiger partial charge in [-0.3, -0.25) is 9.35 Å². The van der Waals surface area contributed by atoms with E-state index in [1.54, 1.807) is 36.4 Å². The van der Waals surface area contributed by atoms with Crippen LogP contribution in [0, 0.1) is 0 Å². The lowest BCUT2D eigenvalue weighted by atomic mass is 10.1. The van der Waals surface area contributed by atoms with Gasteiger partial charge in [0.25, 0.3) is 0 Å². The van der Waals surface area contributed by atoms with E-state index in [-0.39, 0.29) is 22.3 Å². The lowest BCUT2D eigenvalue weighted by molar-refractivity contribution is 0.106. The molecule has 0 radical (unpaired) electrons. The zero-order valence-corrected chi connectivity index (χ0v) is 12.9. The smallest absolute Gasteiger partial charge is 0.364 e. The van der Waals surface area contributed by atoms with Crippen molar-refractivity contribution in [3.8, 4) is 5.75 Å². The Morgan fingerprint density at radius 2 is 1.67 bits per heavy atom. The maximum Gasteiger partial charge on any atom is 0.364 e. The number of hydrogen-bond acceptors (Lipinski definition) is 5. The molecular weight excluding hydrogens is 332 g/mol. The van der Waals surface area contributed by atoms with Crippen LogP contribution in [0.4, 0.5) is 5.69 Å². The topological polar surface area (TPSA) is 109 Å². The standard InChI is InChI=1S/C16H10N2O5S/c19-15-9-5-1-3-7-11(9)17-13(15)14-16(20)10-6-2-4-8-12(10)18(14)24(21,22)23/h1-8,20H,(H,21,22,23). The van der Waals surface area contributed by atoms with Crippen molar-refractivity contribution in [1.29, 1.82) is 0 Å². The molecule has 0 saturated heterocycles. The van der Waals surface area contributed by atoms with Crippen molar-refractivity contribution >= 4 is 38.4 Å². The Labute approximate surface area is 136 Å². The molecule has 120 valence electrons. The van der Waals surface area contributed by atoms with E-state index in [2.05, 4.69) is 4.99 Å². The van der Waals surface area contributed by atoms with Gasteiger partial charge in [-0.05, 0) is 24.3 Å². The van der Waals surface area contributed by atoms with Crippen molar-refractivity contribution in [3.05, 3.63) is 59.8 Å². The number of nitrogens with zero attached hydrogens (tertiary/aromatic N) is 2. The fourth-order valence-electron chi connectivity index (χ4n) is 2.87. The number of hydrogen-bond donors (Lipinski definition) is 2. The first-order valence-electron chi connectivity index (χ1n) is 6.93. The van der Waals surface area contributed by atoms with Gasteiger partial charge >= 0.3 is 10.3 Å². The van der Waals surface area contributed by atoms with Gasteiger partial charge in [0.15, 0.2) is 5.75 Å². The van der Waals surface area contributed by atoms with E-state index in [1.165, 1.54) is 12.1 Å². The van der Waals surface area contributed by atoms with Crippen molar-refractivity contribution in [3.63, 3.8) is 0 Å². The fraction of sp³-hybridized carbons (Fsp3) is 0. The average molecular weight is 342 g/mol. The minimum atomic E-state index is -4.76. The Balaban J connectivity index is 2.10. The molecule has 7 nitrogen and oxygen atoms in total. The third-order valence-electron chi connectivity index (χ3n) is 3.86. The molecular formula is C16H10N2O5S. The first-order valence-corrected chi connectivity index (χ1v) is 8.32. The lowest BCUT2D eigenvalue weighted by Gasteiger charge is -2.06. The highest BCUT2D eigenvalue weighted by Crippen LogP contribution is 2.37. The number of rotatable bonds is 2. The second-order valence-electron chi connectivity index (χ2n) is 5.26. The van der Waals surface area contributed by atoms with E-state index in [9.17, 15) is 22.9 Å². The molecule has 3 aromatic rings. The quantitative estimate of drug-likeness (QED) is 0.695. The molecule has 0 fully saturated rings. The summed E-state index contributed by atoms with van der Waals surface area (Å²) in [6, 6.07) is 12.6. The highest BCUT2D eigenvalue weighted by Gasteiger charge is 2.34. The molecule has 0 atom stereocenters. The molecule has 8 heteroatoms. The van der Waals surface area contributed by atoms with Gasteiger partial charge in [-0.25, -0.2) is 8.96 Å². The molecule has 2 N–H and O–H groups in total. The van der Waals surface area contributed by atoms with Crippen LogP contribution in [-0.4, -0.2) is 33.5 Å². The number of para-hydroxylation sites is 2. The number of aromatic hydroxyl groups is 1. The van der Waals surface area contributed by atoms with Gasteiger partial charge in [-0.15, -0.1) is 0 Å². The number of aliphatic imine (C=N–C) groups is 1. The van der Waals surface area contributed by atoms with Gasteiger partial charge in [0.1, 0.15) is 11.4 Å². The molecule has 0 saturated carbocycles. The molecule has 1 aliphatic heterocycles. The zero-order chi connectivity index (χ0) is 17.1. The van der Waals surface area contributed by atoms with E-state index in [0.29, 0.717) is 15.2 Å². The highest BCUT2D eigenvalue weighted by molar-refractivity contribution is 7.84. The number of ketones is 1. The molecule has 2 aromatic carbocycles. The van der Waals surface area contributed by atoms with Crippen molar-refractivity contribution in [1.82, 2.24) is 3.97 Å². The van der Waals surface area contributed by atoms with Gasteiger partial charge in [-0.2, -0.15) is 8.42 Å². The molecule has 0 aliphatic carbocycles. The minimum Gasteiger partial charge on any atom is -0.505 e. The minimum absolute atomic E-state index is 0.0546. The van der Waals surface area contributed by atoms with E-state index >= 15 is 0 Å². The number of aromatic nitrogens is 1. The van der Waals surface area contributed by atoms with Crippen LogP contribution in [0.15, 0.2) is 53.5 Å². The van der Waals surface area contributed by atoms with Gasteiger partial charge in [0.2, 0.25) is 5.78 Å². The van der Waals surface area contributed by atoms with Crippen molar-refractivity contribution < 1.29 is 22.9 Å². The summed E-state index contributed by atoms with van der Waals surface area (Å²) in [6.45, 7) is 0. The Morgan fingerprint density at radius 3 is 2.38 bits per heavy atom. The third-order valence-corrected chi connectivity index (χ3v) is 4.70. The first-order chi connectivity index (χ1) is 11.4. The first kappa shape index (κ1) is 14.6. The summed E-state index contributed by atoms with van der Waals surface area (Å²) in [6.07, 6.45) is 0. The molecule has 1 aromatic heterocycles. The Hall–Kier alpha value is -2.97. The summed E-state index contributed by atoms with van der Waals surface area (Å²) in [5.74, 6) is -0.947. The van der Waals surface area contributed by atoms with Gasteiger partial charge in [0, 0.05) is 10.9 Å². The molecule has 0 amide bonds. The van der Waals surface area contributed by atoms with E-state index in [0.717, 1.165) is 0 Å². The Bertz CT molecular complexity index is 1160. The maximum absolute atomic E-state index is 12.6. The Morgan fingerprint density at radius 1 is 1.00 bits per heavy atom. The lowest BCUT2D eigenvalue weighted by Crippen LogP contribution is -2.21.